The van der Waals surface area contributed by atoms with Gasteiger partial charge in [0.2, 0.25) is 0 Å². The highest BCUT2D eigenvalue weighted by molar-refractivity contribution is 6.31. The molecule has 10 nitrogen and oxygen atoms in total. The van der Waals surface area contributed by atoms with Crippen LogP contribution in [0.15, 0.2) is 76.5 Å². The predicted molar refractivity (Wildman–Crippen MR) is 189 cm³/mol. The van der Waals surface area contributed by atoms with Gasteiger partial charge in [-0.2, -0.15) is 0 Å². The SMILES string of the molecule is C=N/C=C(\C=C/C)C[C@H](C(=O)OC1CCCCCCCC1)N(Cc1ccc(C(=O)OC(C)(C)C)cc1)C(=O)c1ccc(Cl)cc1N=[N+]=[N-]. The van der Waals surface area contributed by atoms with Gasteiger partial charge in [0.25, 0.3) is 5.91 Å². The van der Waals surface area contributed by atoms with Crippen molar-refractivity contribution in [3.63, 3.8) is 0 Å². The maximum atomic E-state index is 14.5. The number of esters is 2. The third-order valence-corrected chi connectivity index (χ3v) is 8.08. The zero-order valence-corrected chi connectivity index (χ0v) is 29.1. The standard InChI is InChI=1S/C37H46ClN5O5/c1-6-13-27(24-40-5)22-33(36(46)47-30-14-11-9-7-8-10-12-15-30)43(34(44)31-21-20-29(38)23-32(31)41-42-39)25-26-16-18-28(19-17-26)35(45)48-37(2,3)4/h6,13,16-21,23-24,30,33H,5,7-12,14-15,22,25H2,1-4H3/b13-6-,27-24+/t33-/m1/s1. The van der Waals surface area contributed by atoms with Gasteiger partial charge in [0, 0.05) is 34.7 Å². The van der Waals surface area contributed by atoms with E-state index in [4.69, 9.17) is 21.1 Å². The smallest absolute Gasteiger partial charge is 0.338 e. The molecule has 0 aromatic heterocycles. The van der Waals surface area contributed by atoms with Crippen molar-refractivity contribution in [3.8, 4) is 0 Å². The van der Waals surface area contributed by atoms with Crippen molar-refractivity contribution in [2.75, 3.05) is 0 Å². The number of aliphatic imine (C=N–C) groups is 1. The van der Waals surface area contributed by atoms with Gasteiger partial charge in [-0.25, -0.2) is 9.59 Å². The molecule has 0 aliphatic heterocycles. The molecule has 1 fully saturated rings. The Balaban J connectivity index is 2.11. The molecule has 0 heterocycles. The number of carbonyl (C=O) groups excluding carboxylic acids is 3. The number of hydrogen-bond donors (Lipinski definition) is 0. The predicted octanol–water partition coefficient (Wildman–Crippen LogP) is 9.84. The van der Waals surface area contributed by atoms with Crippen LogP contribution in [-0.2, 0) is 20.8 Å². The fraction of sp³-hybridized carbons (Fsp3) is 0.459. The van der Waals surface area contributed by atoms with E-state index in [1.165, 1.54) is 35.9 Å². The van der Waals surface area contributed by atoms with Gasteiger partial charge in [0.15, 0.2) is 0 Å². The quantitative estimate of drug-likeness (QED) is 0.0551. The van der Waals surface area contributed by atoms with Crippen molar-refractivity contribution in [3.05, 3.63) is 98.5 Å². The van der Waals surface area contributed by atoms with E-state index in [0.717, 1.165) is 38.5 Å². The van der Waals surface area contributed by atoms with Crippen molar-refractivity contribution in [1.29, 1.82) is 0 Å². The van der Waals surface area contributed by atoms with Gasteiger partial charge in [-0.1, -0.05) is 66.7 Å². The molecule has 1 aliphatic carbocycles. The topological polar surface area (TPSA) is 134 Å². The van der Waals surface area contributed by atoms with Crippen molar-refractivity contribution in [1.82, 2.24) is 4.90 Å². The summed E-state index contributed by atoms with van der Waals surface area (Å²) in [5.41, 5.74) is 10.3. The van der Waals surface area contributed by atoms with E-state index >= 15 is 0 Å². The van der Waals surface area contributed by atoms with E-state index in [9.17, 15) is 19.9 Å². The van der Waals surface area contributed by atoms with E-state index < -0.39 is 29.5 Å². The Kier molecular flexibility index (Phi) is 14.9. The molecule has 11 heteroatoms. The molecule has 0 saturated heterocycles. The fourth-order valence-corrected chi connectivity index (χ4v) is 5.74. The summed E-state index contributed by atoms with van der Waals surface area (Å²) in [5, 5.41) is 4.00. The normalized spacial score (nSPS) is 15.3. The van der Waals surface area contributed by atoms with Crippen LogP contribution < -0.4 is 0 Å². The molecular weight excluding hydrogens is 630 g/mol. The number of benzene rings is 2. The molecule has 2 aromatic rings. The van der Waals surface area contributed by atoms with Crippen LogP contribution in [-0.4, -0.2) is 47.2 Å². The number of ether oxygens (including phenoxy) is 2. The van der Waals surface area contributed by atoms with E-state index in [0.29, 0.717) is 16.7 Å². The number of carbonyl (C=O) groups is 3. The Hall–Kier alpha value is -4.40. The summed E-state index contributed by atoms with van der Waals surface area (Å²) in [5.74, 6) is -1.58. The van der Waals surface area contributed by atoms with E-state index in [-0.39, 0.29) is 35.3 Å². The highest BCUT2D eigenvalue weighted by atomic mass is 35.5. The molecule has 2 aromatic carbocycles. The number of nitrogens with zero attached hydrogens (tertiary/aromatic N) is 5. The van der Waals surface area contributed by atoms with Gasteiger partial charge in [0.05, 0.1) is 11.3 Å². The van der Waals surface area contributed by atoms with Crippen LogP contribution in [0.3, 0.4) is 0 Å². The highest BCUT2D eigenvalue weighted by Gasteiger charge is 2.35. The van der Waals surface area contributed by atoms with Crippen LogP contribution in [0.1, 0.15) is 112 Å². The number of hydrogen-bond acceptors (Lipinski definition) is 7. The van der Waals surface area contributed by atoms with Crippen LogP contribution in [0.4, 0.5) is 5.69 Å². The molecule has 1 amide bonds. The molecule has 1 saturated carbocycles. The molecule has 1 atom stereocenters. The Morgan fingerprint density at radius 1 is 1.06 bits per heavy atom. The average molecular weight is 676 g/mol. The second-order valence-corrected chi connectivity index (χ2v) is 13.3. The first-order chi connectivity index (χ1) is 22.9. The lowest BCUT2D eigenvalue weighted by Crippen LogP contribution is -2.46. The van der Waals surface area contributed by atoms with Crippen molar-refractivity contribution in [2.45, 2.75) is 110 Å². The minimum absolute atomic E-state index is 0.0269. The molecule has 256 valence electrons. The van der Waals surface area contributed by atoms with Crippen molar-refractivity contribution < 1.29 is 23.9 Å². The van der Waals surface area contributed by atoms with Crippen molar-refractivity contribution >= 4 is 41.9 Å². The summed E-state index contributed by atoms with van der Waals surface area (Å²) >= 11 is 6.19. The zero-order chi connectivity index (χ0) is 35.1. The molecule has 0 spiro atoms. The summed E-state index contributed by atoms with van der Waals surface area (Å²) in [7, 11) is 0. The number of rotatable bonds is 12. The van der Waals surface area contributed by atoms with E-state index in [2.05, 4.69) is 21.7 Å². The zero-order valence-electron chi connectivity index (χ0n) is 28.4. The third kappa shape index (κ3) is 12.0. The molecule has 0 bridgehead atoms. The number of amides is 1. The second-order valence-electron chi connectivity index (χ2n) is 12.8. The number of azide groups is 1. The van der Waals surface area contributed by atoms with Crippen molar-refractivity contribution in [2.24, 2.45) is 10.1 Å². The molecule has 0 radical (unpaired) electrons. The fourth-order valence-electron chi connectivity index (χ4n) is 5.57. The first kappa shape index (κ1) is 38.1. The largest absolute Gasteiger partial charge is 0.461 e. The summed E-state index contributed by atoms with van der Waals surface area (Å²) in [6, 6.07) is 9.98. The van der Waals surface area contributed by atoms with E-state index in [1.807, 2.05) is 13.0 Å². The lowest BCUT2D eigenvalue weighted by atomic mass is 10.0. The summed E-state index contributed by atoms with van der Waals surface area (Å²) in [6.07, 6.45) is 12.9. The average Bonchev–Trinajstić information content (AvgIpc) is 3.16. The molecular formula is C37H46ClN5O5. The van der Waals surface area contributed by atoms with Gasteiger partial charge in [0.1, 0.15) is 17.7 Å². The Bertz CT molecular complexity index is 1530. The first-order valence-corrected chi connectivity index (χ1v) is 16.8. The highest BCUT2D eigenvalue weighted by Crippen LogP contribution is 2.29. The number of halogens is 1. The van der Waals surface area contributed by atoms with Gasteiger partial charge >= 0.3 is 11.9 Å². The summed E-state index contributed by atoms with van der Waals surface area (Å²) in [4.78, 5) is 49.7. The monoisotopic (exact) mass is 675 g/mol. The van der Waals surface area contributed by atoms with E-state index in [1.54, 1.807) is 57.3 Å². The maximum absolute atomic E-state index is 14.5. The maximum Gasteiger partial charge on any atom is 0.338 e. The molecule has 0 unspecified atom stereocenters. The second kappa shape index (κ2) is 18.8. The van der Waals surface area contributed by atoms with Crippen LogP contribution >= 0.6 is 11.6 Å². The van der Waals surface area contributed by atoms with Crippen LogP contribution in [0, 0.1) is 0 Å². The van der Waals surface area contributed by atoms with Gasteiger partial charge < -0.3 is 14.4 Å². The Morgan fingerprint density at radius 2 is 1.71 bits per heavy atom. The molecule has 48 heavy (non-hydrogen) atoms. The minimum Gasteiger partial charge on any atom is -0.461 e. The molecule has 3 rings (SSSR count). The number of allylic oxidation sites excluding steroid dienone is 2. The Labute approximate surface area is 288 Å². The van der Waals surface area contributed by atoms with Crippen LogP contribution in [0.25, 0.3) is 10.4 Å². The van der Waals surface area contributed by atoms with Crippen LogP contribution in [0.2, 0.25) is 5.02 Å². The lowest BCUT2D eigenvalue weighted by Gasteiger charge is -2.32. The molecule has 1 aliphatic rings. The lowest BCUT2D eigenvalue weighted by molar-refractivity contribution is -0.155. The van der Waals surface area contributed by atoms with Gasteiger partial charge in [-0.15, -0.1) is 0 Å². The molecule has 0 N–H and O–H groups in total. The first-order valence-electron chi connectivity index (χ1n) is 16.4. The Morgan fingerprint density at radius 3 is 2.29 bits per heavy atom. The van der Waals surface area contributed by atoms with Gasteiger partial charge in [-0.3, -0.25) is 9.79 Å². The van der Waals surface area contributed by atoms with Crippen LogP contribution in [0.5, 0.6) is 0 Å². The summed E-state index contributed by atoms with van der Waals surface area (Å²) in [6.45, 7) is 10.8. The third-order valence-electron chi connectivity index (χ3n) is 7.85. The minimum atomic E-state index is -1.09. The van der Waals surface area contributed by atoms with Gasteiger partial charge in [-0.05, 0) is 107 Å². The summed E-state index contributed by atoms with van der Waals surface area (Å²) < 4.78 is 11.7.